The molecular formula is C15H14N2O6. The van der Waals surface area contributed by atoms with Crippen LogP contribution in [0, 0.1) is 22.0 Å². The third-order valence-corrected chi connectivity index (χ3v) is 4.23. The number of nitro benzene ring substituents is 1. The van der Waals surface area contributed by atoms with Crippen LogP contribution in [-0.2, 0) is 14.3 Å². The number of amides is 1. The number of carbonyl (C=O) groups excluding carboxylic acids is 1. The molecule has 23 heavy (non-hydrogen) atoms. The van der Waals surface area contributed by atoms with Crippen molar-refractivity contribution in [3.63, 3.8) is 0 Å². The lowest BCUT2D eigenvalue weighted by Gasteiger charge is -2.27. The van der Waals surface area contributed by atoms with Gasteiger partial charge in [0.2, 0.25) is 5.91 Å². The SMILES string of the molecule is C[C@@]12C=C[C@@H](O1)[C@@H](C(=O)O)[C@H]2C(=O)Nc1cccc([N+](=O)[O-])c1. The summed E-state index contributed by atoms with van der Waals surface area (Å²) in [7, 11) is 0. The Labute approximate surface area is 130 Å². The molecule has 0 unspecified atom stereocenters. The molecule has 8 heteroatoms. The first-order valence-corrected chi connectivity index (χ1v) is 6.97. The standard InChI is InChI=1S/C15H14N2O6/c1-15-6-5-10(23-15)11(14(19)20)12(15)13(18)16-8-3-2-4-9(7-8)17(21)22/h2-7,10-12H,1H3,(H,16,18)(H,19,20)/t10-,11-,12+,15+/m1/s1. The third-order valence-electron chi connectivity index (χ3n) is 4.23. The van der Waals surface area contributed by atoms with Gasteiger partial charge in [-0.25, -0.2) is 0 Å². The van der Waals surface area contributed by atoms with Gasteiger partial charge in [-0.15, -0.1) is 0 Å². The van der Waals surface area contributed by atoms with Crippen molar-refractivity contribution >= 4 is 23.3 Å². The number of hydrogen-bond donors (Lipinski definition) is 2. The minimum Gasteiger partial charge on any atom is -0.481 e. The van der Waals surface area contributed by atoms with Crippen LogP contribution in [0.15, 0.2) is 36.4 Å². The third kappa shape index (κ3) is 2.46. The summed E-state index contributed by atoms with van der Waals surface area (Å²) in [6.07, 6.45) is 2.70. The predicted molar refractivity (Wildman–Crippen MR) is 78.8 cm³/mol. The predicted octanol–water partition coefficient (Wildman–Crippen LogP) is 1.58. The van der Waals surface area contributed by atoms with Crippen molar-refractivity contribution in [3.05, 3.63) is 46.5 Å². The Bertz CT molecular complexity index is 730. The lowest BCUT2D eigenvalue weighted by atomic mass is 9.75. The summed E-state index contributed by atoms with van der Waals surface area (Å²) in [6.45, 7) is 1.66. The number of nitrogens with one attached hydrogen (secondary N) is 1. The molecule has 1 fully saturated rings. The van der Waals surface area contributed by atoms with Crippen LogP contribution < -0.4 is 5.32 Å². The number of aliphatic carboxylic acids is 1. The van der Waals surface area contributed by atoms with Crippen LogP contribution in [0.1, 0.15) is 6.92 Å². The second-order valence-electron chi connectivity index (χ2n) is 5.76. The van der Waals surface area contributed by atoms with Crippen molar-refractivity contribution in [1.29, 1.82) is 0 Å². The zero-order chi connectivity index (χ0) is 16.8. The highest BCUT2D eigenvalue weighted by Crippen LogP contribution is 2.47. The molecule has 2 aliphatic heterocycles. The fraction of sp³-hybridized carbons (Fsp3) is 0.333. The first kappa shape index (κ1) is 15.2. The Morgan fingerprint density at radius 2 is 2.17 bits per heavy atom. The van der Waals surface area contributed by atoms with Crippen molar-refractivity contribution in [2.24, 2.45) is 11.8 Å². The normalized spacial score (nSPS) is 31.1. The zero-order valence-corrected chi connectivity index (χ0v) is 12.1. The van der Waals surface area contributed by atoms with Crippen LogP contribution in [-0.4, -0.2) is 33.6 Å². The van der Waals surface area contributed by atoms with Gasteiger partial charge in [-0.3, -0.25) is 19.7 Å². The molecule has 1 aromatic carbocycles. The number of anilines is 1. The minimum absolute atomic E-state index is 0.159. The monoisotopic (exact) mass is 318 g/mol. The molecule has 8 nitrogen and oxygen atoms in total. The first-order chi connectivity index (χ1) is 10.8. The van der Waals surface area contributed by atoms with E-state index < -0.39 is 40.3 Å². The van der Waals surface area contributed by atoms with Crippen LogP contribution in [0.25, 0.3) is 0 Å². The number of ether oxygens (including phenoxy) is 1. The van der Waals surface area contributed by atoms with Gasteiger partial charge >= 0.3 is 5.97 Å². The Hall–Kier alpha value is -2.74. The van der Waals surface area contributed by atoms with E-state index in [0.717, 1.165) is 0 Å². The molecule has 1 aromatic rings. The number of carbonyl (C=O) groups is 2. The number of rotatable bonds is 4. The van der Waals surface area contributed by atoms with Crippen LogP contribution in [0.3, 0.4) is 0 Å². The number of carboxylic acid groups (broad SMARTS) is 1. The Morgan fingerprint density at radius 3 is 2.83 bits per heavy atom. The van der Waals surface area contributed by atoms with Crippen molar-refractivity contribution in [3.8, 4) is 0 Å². The summed E-state index contributed by atoms with van der Waals surface area (Å²) in [5, 5.41) is 22.7. The van der Waals surface area contributed by atoms with E-state index >= 15 is 0 Å². The van der Waals surface area contributed by atoms with E-state index in [2.05, 4.69) is 5.32 Å². The highest BCUT2D eigenvalue weighted by molar-refractivity contribution is 5.97. The molecule has 4 atom stereocenters. The van der Waals surface area contributed by atoms with E-state index in [4.69, 9.17) is 4.74 Å². The molecular weight excluding hydrogens is 304 g/mol. The molecule has 0 aliphatic carbocycles. The lowest BCUT2D eigenvalue weighted by molar-refractivity contribution is -0.384. The smallest absolute Gasteiger partial charge is 0.310 e. The minimum atomic E-state index is -1.11. The van der Waals surface area contributed by atoms with Crippen molar-refractivity contribution in [2.45, 2.75) is 18.6 Å². The van der Waals surface area contributed by atoms with E-state index in [1.807, 2.05) is 0 Å². The van der Waals surface area contributed by atoms with Gasteiger partial charge in [0.05, 0.1) is 22.5 Å². The van der Waals surface area contributed by atoms with E-state index in [0.29, 0.717) is 0 Å². The molecule has 2 N–H and O–H groups in total. The Balaban J connectivity index is 1.85. The average molecular weight is 318 g/mol. The summed E-state index contributed by atoms with van der Waals surface area (Å²) in [5.74, 6) is -3.53. The number of nitro groups is 1. The number of benzene rings is 1. The van der Waals surface area contributed by atoms with Crippen molar-refractivity contribution in [2.75, 3.05) is 5.32 Å². The highest BCUT2D eigenvalue weighted by atomic mass is 16.6. The lowest BCUT2D eigenvalue weighted by Crippen LogP contribution is -2.44. The van der Waals surface area contributed by atoms with Gasteiger partial charge in [-0.05, 0) is 13.0 Å². The number of hydrogen-bond acceptors (Lipinski definition) is 5. The summed E-state index contributed by atoms with van der Waals surface area (Å²) < 4.78 is 5.61. The van der Waals surface area contributed by atoms with Gasteiger partial charge in [0.25, 0.3) is 5.69 Å². The molecule has 0 saturated carbocycles. The summed E-state index contributed by atoms with van der Waals surface area (Å²) in [5.41, 5.74) is -0.907. The highest BCUT2D eigenvalue weighted by Gasteiger charge is 2.59. The molecule has 2 bridgehead atoms. The second kappa shape index (κ2) is 5.17. The quantitative estimate of drug-likeness (QED) is 0.494. The maximum atomic E-state index is 12.5. The molecule has 120 valence electrons. The molecule has 0 radical (unpaired) electrons. The number of fused-ring (bicyclic) bond motifs is 2. The summed E-state index contributed by atoms with van der Waals surface area (Å²) in [6, 6.07) is 5.48. The fourth-order valence-electron chi connectivity index (χ4n) is 3.20. The topological polar surface area (TPSA) is 119 Å². The maximum Gasteiger partial charge on any atom is 0.310 e. The van der Waals surface area contributed by atoms with Gasteiger partial charge in [0, 0.05) is 17.8 Å². The van der Waals surface area contributed by atoms with E-state index in [1.54, 1.807) is 19.1 Å². The van der Waals surface area contributed by atoms with E-state index in [9.17, 15) is 24.8 Å². The van der Waals surface area contributed by atoms with Gasteiger partial charge < -0.3 is 15.2 Å². The molecule has 3 rings (SSSR count). The maximum absolute atomic E-state index is 12.5. The fourth-order valence-corrected chi connectivity index (χ4v) is 3.20. The van der Waals surface area contributed by atoms with Gasteiger partial charge in [0.1, 0.15) is 5.92 Å². The van der Waals surface area contributed by atoms with Crippen LogP contribution in [0.2, 0.25) is 0 Å². The van der Waals surface area contributed by atoms with Crippen LogP contribution >= 0.6 is 0 Å². The largest absolute Gasteiger partial charge is 0.481 e. The molecule has 1 amide bonds. The number of non-ortho nitro benzene ring substituents is 1. The molecule has 1 saturated heterocycles. The van der Waals surface area contributed by atoms with Crippen LogP contribution in [0.5, 0.6) is 0 Å². The summed E-state index contributed by atoms with van der Waals surface area (Å²) in [4.78, 5) is 34.2. The van der Waals surface area contributed by atoms with E-state index in [-0.39, 0.29) is 11.4 Å². The number of nitrogens with zero attached hydrogens (tertiary/aromatic N) is 1. The Kier molecular flexibility index (Phi) is 3.41. The first-order valence-electron chi connectivity index (χ1n) is 6.97. The molecule has 2 heterocycles. The van der Waals surface area contributed by atoms with Crippen molar-refractivity contribution in [1.82, 2.24) is 0 Å². The van der Waals surface area contributed by atoms with Gasteiger partial charge in [-0.2, -0.15) is 0 Å². The van der Waals surface area contributed by atoms with Crippen LogP contribution in [0.4, 0.5) is 11.4 Å². The Morgan fingerprint density at radius 1 is 1.43 bits per heavy atom. The average Bonchev–Trinajstić information content (AvgIpc) is 3.00. The molecule has 0 spiro atoms. The zero-order valence-electron chi connectivity index (χ0n) is 12.1. The van der Waals surface area contributed by atoms with Crippen molar-refractivity contribution < 1.29 is 24.4 Å². The van der Waals surface area contributed by atoms with E-state index in [1.165, 1.54) is 24.3 Å². The van der Waals surface area contributed by atoms with Gasteiger partial charge in [0.15, 0.2) is 0 Å². The molecule has 0 aromatic heterocycles. The number of carboxylic acids is 1. The van der Waals surface area contributed by atoms with Gasteiger partial charge in [-0.1, -0.05) is 18.2 Å². The molecule has 2 aliphatic rings. The second-order valence-corrected chi connectivity index (χ2v) is 5.76. The summed E-state index contributed by atoms with van der Waals surface area (Å²) >= 11 is 0.